The van der Waals surface area contributed by atoms with E-state index in [1.807, 2.05) is 91.0 Å². The Bertz CT molecular complexity index is 3240. The number of furan rings is 1. The molecular weight excluding hydrogens is 1030 g/mol. The molecule has 0 aliphatic rings. The van der Waals surface area contributed by atoms with Crippen molar-refractivity contribution in [2.45, 2.75) is 88.8 Å². The number of benzene rings is 6. The largest absolute Gasteiger partial charge is 0 e. The van der Waals surface area contributed by atoms with E-state index in [1.165, 1.54) is 16.8 Å². The first-order valence-corrected chi connectivity index (χ1v) is 26.2. The summed E-state index contributed by atoms with van der Waals surface area (Å²) < 4.78 is 55.4. The Morgan fingerprint density at radius 2 is 1.12 bits per heavy atom. The first-order valence-electron chi connectivity index (χ1n) is 25.0. The molecule has 1 radical (unpaired) electrons. The third kappa shape index (κ3) is 9.24. The molecule has 5 heteroatoms. The molecule has 9 rings (SSSR count). The van der Waals surface area contributed by atoms with E-state index in [4.69, 9.17) is 12.6 Å². The molecule has 65 heavy (non-hydrogen) atoms. The van der Waals surface area contributed by atoms with Crippen LogP contribution in [0.2, 0.25) is 12.7 Å². The van der Waals surface area contributed by atoms with Gasteiger partial charge in [-0.3, -0.25) is 0 Å². The fourth-order valence-corrected chi connectivity index (χ4v) is 32.3. The van der Waals surface area contributed by atoms with Gasteiger partial charge >= 0.3 is 203 Å². The molecule has 0 fully saturated rings. The van der Waals surface area contributed by atoms with Crippen LogP contribution in [-0.2, 0) is 20.1 Å². The standard InChI is InChI=1S/C30H40GeN.C30H20NO.Ir/c1-22-21-32-27(20-26(22)23-15-12-11-13-16-23)24-17-14-18-25(19-24)31(28(2,3)4,29(5,6)7)30(8,9)10;1-20-15-16-27(31-19-20)24-13-8-14-25-29-26(22-11-6-3-7-12-22)17-23(18-28(29)32-30(24)25)21-9-4-2-5-10-21;/h11-16,18-21H,1-10H3;2-12,14-19H,1H3;/q2*-1;/i2*1D3;. The minimum atomic E-state index is -2.91. The molecule has 0 saturated heterocycles. The predicted octanol–water partition coefficient (Wildman–Crippen LogP) is 16.7. The monoisotopic (exact) mass is 1100 g/mol. The molecule has 6 aromatic carbocycles. The topological polar surface area (TPSA) is 38.9 Å². The molecule has 331 valence electrons. The molecule has 0 saturated carbocycles. The van der Waals surface area contributed by atoms with Crippen LogP contribution in [0, 0.1) is 25.8 Å². The number of fused-ring (bicyclic) bond motifs is 3. The number of hydrogen-bond acceptors (Lipinski definition) is 3. The van der Waals surface area contributed by atoms with E-state index in [-0.39, 0.29) is 44.0 Å². The maximum atomic E-state index is 8.05. The summed E-state index contributed by atoms with van der Waals surface area (Å²) in [6.07, 6.45) is 2.93. The number of aryl methyl sites for hydroxylation is 2. The summed E-state index contributed by atoms with van der Waals surface area (Å²) in [6, 6.07) is 56.9. The van der Waals surface area contributed by atoms with Crippen LogP contribution in [0.3, 0.4) is 0 Å². The Labute approximate surface area is 411 Å². The zero-order valence-corrected chi connectivity index (χ0v) is 43.2. The van der Waals surface area contributed by atoms with Crippen molar-refractivity contribution in [3.63, 3.8) is 0 Å². The van der Waals surface area contributed by atoms with Crippen molar-refractivity contribution in [2.24, 2.45) is 0 Å². The van der Waals surface area contributed by atoms with Crippen LogP contribution in [0.4, 0.5) is 0 Å². The molecule has 0 unspecified atom stereocenters. The van der Waals surface area contributed by atoms with Gasteiger partial charge in [-0.15, -0.1) is 18.2 Å². The number of nitrogens with zero attached hydrogens (tertiary/aromatic N) is 2. The summed E-state index contributed by atoms with van der Waals surface area (Å²) in [5.41, 5.74) is 10.9. The van der Waals surface area contributed by atoms with Crippen molar-refractivity contribution in [3.8, 4) is 55.9 Å². The van der Waals surface area contributed by atoms with Crippen molar-refractivity contribution < 1.29 is 32.7 Å². The third-order valence-corrected chi connectivity index (χ3v) is 29.3. The first kappa shape index (κ1) is 39.9. The van der Waals surface area contributed by atoms with E-state index in [0.29, 0.717) is 22.4 Å². The van der Waals surface area contributed by atoms with Crippen molar-refractivity contribution in [3.05, 3.63) is 187 Å². The summed E-state index contributed by atoms with van der Waals surface area (Å²) in [5, 5.41) is 1.99. The Kier molecular flexibility index (Phi) is 11.6. The van der Waals surface area contributed by atoms with Gasteiger partial charge in [-0.25, -0.2) is 0 Å². The molecule has 0 amide bonds. The van der Waals surface area contributed by atoms with Crippen LogP contribution in [0.1, 0.15) is 81.7 Å². The SMILES string of the molecule is [2H]C([2H])([2H])c1ccc(-c2[c-]ccc3c2oc2cc(-c4ccccc4)cc(-c4ccccc4)c23)nc1.[2H]C([2H])([2H])c1cnc(-c2[c-]cc[c]([Ge]([C](C)(C)C)([C](C)(C)C)[C](C)(C)C)c2)cc1-c1ccccc1.[Ir]. The minimum Gasteiger partial charge on any atom is 0 e. The smallest absolute Gasteiger partial charge is 0 e. The summed E-state index contributed by atoms with van der Waals surface area (Å²) in [6.45, 7) is 17.3. The Hall–Kier alpha value is -5.39. The van der Waals surface area contributed by atoms with Crippen molar-refractivity contribution in [1.29, 1.82) is 0 Å². The maximum absolute atomic E-state index is 8.05. The molecule has 0 bridgehead atoms. The molecule has 0 N–H and O–H groups in total. The quantitative estimate of drug-likeness (QED) is 0.123. The number of hydrogen-bond donors (Lipinski definition) is 0. The molecular formula is C60H60GeIrN2O-2. The van der Waals surface area contributed by atoms with Gasteiger partial charge in [0.1, 0.15) is 5.58 Å². The molecule has 3 heterocycles. The first-order chi connectivity index (χ1) is 32.9. The van der Waals surface area contributed by atoms with E-state index in [1.54, 1.807) is 12.1 Å². The van der Waals surface area contributed by atoms with Gasteiger partial charge in [0.15, 0.2) is 0 Å². The summed E-state index contributed by atoms with van der Waals surface area (Å²) in [5.74, 6) is 0. The Balaban J connectivity index is 0.000000206. The van der Waals surface area contributed by atoms with Gasteiger partial charge in [0.05, 0.1) is 5.58 Å². The average molecular weight is 1100 g/mol. The zero-order chi connectivity index (χ0) is 50.4. The fraction of sp³-hybridized carbons (Fsp3) is 0.233. The molecule has 3 aromatic heterocycles. The molecule has 0 spiro atoms. The van der Waals surface area contributed by atoms with E-state index in [9.17, 15) is 0 Å². The number of aromatic nitrogens is 2. The zero-order valence-electron chi connectivity index (χ0n) is 44.7. The van der Waals surface area contributed by atoms with Crippen LogP contribution >= 0.6 is 0 Å². The predicted molar refractivity (Wildman–Crippen MR) is 275 cm³/mol. The van der Waals surface area contributed by atoms with Crippen LogP contribution < -0.4 is 4.40 Å². The second kappa shape index (κ2) is 18.8. The summed E-state index contributed by atoms with van der Waals surface area (Å²) >= 11 is -2.91. The molecule has 0 aliphatic carbocycles. The third-order valence-electron chi connectivity index (χ3n) is 12.6. The molecule has 0 aliphatic heterocycles. The van der Waals surface area contributed by atoms with Gasteiger partial charge in [-0.1, -0.05) is 83.7 Å². The van der Waals surface area contributed by atoms with Gasteiger partial charge in [0.25, 0.3) is 0 Å². The normalized spacial score (nSPS) is 13.9. The maximum Gasteiger partial charge on any atom is 0 e. The van der Waals surface area contributed by atoms with Crippen molar-refractivity contribution >= 4 is 39.6 Å². The number of pyridine rings is 2. The molecule has 9 aromatic rings. The Morgan fingerprint density at radius 1 is 0.538 bits per heavy atom. The second-order valence-electron chi connectivity index (χ2n) is 19.7. The summed E-state index contributed by atoms with van der Waals surface area (Å²) in [7, 11) is 0. The van der Waals surface area contributed by atoms with Gasteiger partial charge in [0.2, 0.25) is 0 Å². The minimum absolute atomic E-state index is 0. The van der Waals surface area contributed by atoms with Gasteiger partial charge in [-0.2, -0.15) is 0 Å². The van der Waals surface area contributed by atoms with E-state index in [0.717, 1.165) is 55.4 Å². The van der Waals surface area contributed by atoms with Gasteiger partial charge in [0, 0.05) is 35.8 Å². The van der Waals surface area contributed by atoms with Crippen molar-refractivity contribution in [1.82, 2.24) is 9.97 Å². The number of rotatable bonds is 6. The van der Waals surface area contributed by atoms with E-state index in [2.05, 4.69) is 133 Å². The van der Waals surface area contributed by atoms with Crippen LogP contribution in [0.15, 0.2) is 168 Å². The molecule has 0 atom stereocenters. The van der Waals surface area contributed by atoms with Crippen LogP contribution in [-0.4, -0.2) is 23.2 Å². The van der Waals surface area contributed by atoms with E-state index >= 15 is 0 Å². The van der Waals surface area contributed by atoms with Gasteiger partial charge in [-0.05, 0) is 52.5 Å². The average Bonchev–Trinajstić information content (AvgIpc) is 3.69. The Morgan fingerprint density at radius 3 is 1.69 bits per heavy atom. The van der Waals surface area contributed by atoms with Crippen molar-refractivity contribution in [2.75, 3.05) is 0 Å². The van der Waals surface area contributed by atoms with Gasteiger partial charge < -0.3 is 9.40 Å². The second-order valence-corrected chi connectivity index (χ2v) is 33.5. The van der Waals surface area contributed by atoms with Crippen LogP contribution in [0.25, 0.3) is 77.8 Å². The fourth-order valence-electron chi connectivity index (χ4n) is 11.2. The van der Waals surface area contributed by atoms with E-state index < -0.39 is 27.0 Å². The van der Waals surface area contributed by atoms with Crippen LogP contribution in [0.5, 0.6) is 0 Å². The molecule has 3 nitrogen and oxygen atoms in total. The summed E-state index contributed by atoms with van der Waals surface area (Å²) in [4.78, 5) is 9.07.